The topological polar surface area (TPSA) is 295 Å². The lowest BCUT2D eigenvalue weighted by Gasteiger charge is -2.41. The van der Waals surface area contributed by atoms with Gasteiger partial charge < -0.3 is 60.2 Å². The molecule has 19 nitrogen and oxygen atoms in total. The Morgan fingerprint density at radius 2 is 1.77 bits per heavy atom. The highest BCUT2D eigenvalue weighted by molar-refractivity contribution is 8.08. The van der Waals surface area contributed by atoms with Gasteiger partial charge in [-0.05, 0) is 11.8 Å². The maximum atomic E-state index is 13.9. The normalized spacial score (nSPS) is 36.8. The van der Waals surface area contributed by atoms with E-state index in [1.807, 2.05) is 0 Å². The van der Waals surface area contributed by atoms with Crippen LogP contribution in [0.4, 0.5) is 10.2 Å². The second kappa shape index (κ2) is 12.1. The van der Waals surface area contributed by atoms with Crippen LogP contribution in [0.5, 0.6) is 0 Å². The second-order valence-corrected chi connectivity index (χ2v) is 13.1. The van der Waals surface area contributed by atoms with Crippen LogP contribution >= 0.6 is 14.5 Å². The van der Waals surface area contributed by atoms with Gasteiger partial charge in [0.15, 0.2) is 30.2 Å². The zero-order chi connectivity index (χ0) is 29.6. The molecule has 2 aromatic heterocycles. The molecule has 0 bridgehead atoms. The fourth-order valence-electron chi connectivity index (χ4n) is 3.99. The van der Waals surface area contributed by atoms with Crippen LogP contribution in [0.2, 0.25) is 0 Å². The van der Waals surface area contributed by atoms with Gasteiger partial charge in [-0.1, -0.05) is 0 Å². The number of aliphatic hydroxyl groups excluding tert-OH is 6. The van der Waals surface area contributed by atoms with Gasteiger partial charge in [-0.15, -0.1) is 0 Å². The molecule has 2 saturated heterocycles. The van der Waals surface area contributed by atoms with Crippen molar-refractivity contribution in [3.63, 3.8) is 0 Å². The van der Waals surface area contributed by atoms with Crippen molar-refractivity contribution >= 4 is 43.3 Å². The van der Waals surface area contributed by atoms with E-state index in [1.54, 1.807) is 0 Å². The van der Waals surface area contributed by atoms with Gasteiger partial charge >= 0.3 is 14.5 Å². The van der Waals surface area contributed by atoms with Crippen molar-refractivity contribution in [3.05, 3.63) is 12.7 Å². The number of hydrogen-bond donors (Lipinski definition) is 9. The van der Waals surface area contributed by atoms with Crippen molar-refractivity contribution < 1.29 is 72.2 Å². The summed E-state index contributed by atoms with van der Waals surface area (Å²) in [4.78, 5) is 32.1. The van der Waals surface area contributed by atoms with Crippen molar-refractivity contribution in [1.29, 1.82) is 0 Å². The van der Waals surface area contributed by atoms with E-state index in [-0.39, 0.29) is 17.0 Å². The van der Waals surface area contributed by atoms with E-state index in [9.17, 15) is 44.3 Å². The summed E-state index contributed by atoms with van der Waals surface area (Å²) in [5, 5.41) is 59.5. The SMILES string of the molecule is Nc1ncnc2c1ncn2[C@@H]1O[C@H](COP(O)(=S)OP(=O)(O)O[C@@H]2OC([C@@H](F)CO)[C@@H](O)C(O)C2O)[C@H](O)[C@@H]1O. The third kappa shape index (κ3) is 6.50. The Bertz CT molecular complexity index is 1300. The highest BCUT2D eigenvalue weighted by Gasteiger charge is 2.51. The molecule has 4 rings (SSSR count). The first-order valence-corrected chi connectivity index (χ1v) is 15.3. The molecular weight excluding hydrogens is 611 g/mol. The summed E-state index contributed by atoms with van der Waals surface area (Å²) >= 11 is 4.68. The molecule has 2 aliphatic rings. The van der Waals surface area contributed by atoms with E-state index < -0.39 is 89.2 Å². The summed E-state index contributed by atoms with van der Waals surface area (Å²) < 4.78 is 52.0. The minimum Gasteiger partial charge on any atom is -0.393 e. The van der Waals surface area contributed by atoms with Crippen LogP contribution in [0.1, 0.15) is 6.23 Å². The second-order valence-electron chi connectivity index (χ2n) is 8.69. The first-order chi connectivity index (χ1) is 18.7. The number of nitrogen functional groups attached to an aromatic ring is 1. The van der Waals surface area contributed by atoms with E-state index in [1.165, 1.54) is 10.9 Å². The fraction of sp³-hybridized carbons (Fsp3) is 0.706. The number of ether oxygens (including phenoxy) is 2. The molecule has 226 valence electrons. The Balaban J connectivity index is 1.38. The molecule has 0 spiro atoms. The number of phosphoric acid groups is 1. The smallest absolute Gasteiger partial charge is 0.393 e. The molecule has 2 fully saturated rings. The van der Waals surface area contributed by atoms with E-state index in [0.29, 0.717) is 0 Å². The minimum absolute atomic E-state index is 0.0516. The van der Waals surface area contributed by atoms with Gasteiger partial charge in [0.1, 0.15) is 54.6 Å². The summed E-state index contributed by atoms with van der Waals surface area (Å²) in [6, 6.07) is 0. The minimum atomic E-state index is -5.49. The van der Waals surface area contributed by atoms with E-state index in [4.69, 9.17) is 24.8 Å². The zero-order valence-corrected chi connectivity index (χ0v) is 22.5. The molecule has 0 amide bonds. The van der Waals surface area contributed by atoms with Crippen LogP contribution in [0.25, 0.3) is 11.2 Å². The zero-order valence-electron chi connectivity index (χ0n) is 19.9. The molecule has 10 N–H and O–H groups in total. The van der Waals surface area contributed by atoms with E-state index in [0.717, 1.165) is 6.33 Å². The number of imidazole rings is 1. The number of alkyl halides is 1. The highest BCUT2D eigenvalue weighted by atomic mass is 32.5. The molecule has 2 aliphatic heterocycles. The molecule has 0 aromatic carbocycles. The lowest BCUT2D eigenvalue weighted by atomic mass is 9.96. The average molecular weight is 637 g/mol. The van der Waals surface area contributed by atoms with Crippen LogP contribution in [0, 0.1) is 0 Å². The number of anilines is 1. The molecule has 0 aliphatic carbocycles. The first-order valence-electron chi connectivity index (χ1n) is 11.2. The number of nitrogens with two attached hydrogens (primary N) is 1. The van der Waals surface area contributed by atoms with Gasteiger partial charge in [0.05, 0.1) is 19.5 Å². The molecule has 2 aromatic rings. The van der Waals surface area contributed by atoms with Crippen LogP contribution < -0.4 is 5.73 Å². The van der Waals surface area contributed by atoms with Crippen molar-refractivity contribution in [2.45, 2.75) is 61.4 Å². The Kier molecular flexibility index (Phi) is 9.55. The predicted molar refractivity (Wildman–Crippen MR) is 129 cm³/mol. The first kappa shape index (κ1) is 31.6. The number of hydrogen-bond acceptors (Lipinski definition) is 17. The lowest BCUT2D eigenvalue weighted by Crippen LogP contribution is -2.60. The van der Waals surface area contributed by atoms with Gasteiger partial charge in [-0.3, -0.25) is 9.09 Å². The van der Waals surface area contributed by atoms with Crippen molar-refractivity contribution in [2.75, 3.05) is 18.9 Å². The molecule has 4 heterocycles. The van der Waals surface area contributed by atoms with E-state index in [2.05, 4.69) is 35.6 Å². The average Bonchev–Trinajstić information content (AvgIpc) is 3.43. The Morgan fingerprint density at radius 3 is 2.45 bits per heavy atom. The number of nitrogens with zero attached hydrogens (tertiary/aromatic N) is 4. The third-order valence-electron chi connectivity index (χ3n) is 5.98. The number of halogens is 1. The van der Waals surface area contributed by atoms with Crippen molar-refractivity contribution in [1.82, 2.24) is 19.5 Å². The molecule has 12 atom stereocenters. The van der Waals surface area contributed by atoms with Crippen LogP contribution in [-0.2, 0) is 39.2 Å². The fourth-order valence-corrected chi connectivity index (χ4v) is 7.09. The molecular formula is C17H26FN5O14P2S. The largest absolute Gasteiger partial charge is 0.481 e. The summed E-state index contributed by atoms with van der Waals surface area (Å²) in [7, 11) is -5.49. The molecule has 0 saturated carbocycles. The molecule has 5 unspecified atom stereocenters. The summed E-state index contributed by atoms with van der Waals surface area (Å²) in [6.45, 7) is -6.63. The van der Waals surface area contributed by atoms with Gasteiger partial charge in [0, 0.05) is 0 Å². The van der Waals surface area contributed by atoms with Gasteiger partial charge in [0.2, 0.25) is 0 Å². The molecule has 40 heavy (non-hydrogen) atoms. The number of aromatic nitrogens is 4. The summed E-state index contributed by atoms with van der Waals surface area (Å²) in [5.74, 6) is 0.0516. The third-order valence-corrected chi connectivity index (χ3v) is 9.50. The van der Waals surface area contributed by atoms with Crippen molar-refractivity contribution in [3.8, 4) is 0 Å². The Hall–Kier alpha value is -1.36. The number of aliphatic hydroxyl groups is 6. The maximum Gasteiger partial charge on any atom is 0.481 e. The Labute approximate surface area is 228 Å². The lowest BCUT2D eigenvalue weighted by molar-refractivity contribution is -0.287. The predicted octanol–water partition coefficient (Wildman–Crippen LogP) is -3.47. The molecule has 23 heteroatoms. The number of rotatable bonds is 10. The summed E-state index contributed by atoms with van der Waals surface area (Å²) in [6.07, 6.45) is -16.3. The van der Waals surface area contributed by atoms with Crippen LogP contribution in [0.3, 0.4) is 0 Å². The van der Waals surface area contributed by atoms with Gasteiger partial charge in [0.25, 0.3) is 0 Å². The van der Waals surface area contributed by atoms with Crippen LogP contribution in [-0.4, -0.2) is 128 Å². The number of fused-ring (bicyclic) bond motifs is 1. The Morgan fingerprint density at radius 1 is 1.07 bits per heavy atom. The monoisotopic (exact) mass is 637 g/mol. The number of phosphoric ester groups is 1. The highest BCUT2D eigenvalue weighted by Crippen LogP contribution is 2.61. The summed E-state index contributed by atoms with van der Waals surface area (Å²) in [5.41, 5.74) is 6.10. The quantitative estimate of drug-likeness (QED) is 0.114. The van der Waals surface area contributed by atoms with E-state index >= 15 is 0 Å². The maximum absolute atomic E-state index is 13.9. The molecule has 0 radical (unpaired) electrons. The van der Waals surface area contributed by atoms with Crippen molar-refractivity contribution in [2.24, 2.45) is 0 Å². The van der Waals surface area contributed by atoms with Crippen LogP contribution in [0.15, 0.2) is 12.7 Å². The standard InChI is InChI=1S/C17H26FN5O14P2S/c18-5(1-24)13-10(27)9(26)12(29)17(35-13)36-38(30,31)37-39(32,40)33-2-6-8(25)11(28)16(34-6)23-4-22-7-14(19)20-3-21-15(7)23/h3-6,8-13,16-17,24-29H,1-2H2,(H,30,31)(H,32,40)(H2,19,20,21)/t5-,6+,8-,9?,10-,11-,12?,13?,16+,17-,39?/m0/s1. The van der Waals surface area contributed by atoms with Gasteiger partial charge in [-0.25, -0.2) is 28.2 Å². The van der Waals surface area contributed by atoms with Gasteiger partial charge in [-0.2, -0.15) is 0 Å².